The van der Waals surface area contributed by atoms with Crippen LogP contribution in [0.25, 0.3) is 0 Å². The molecule has 0 unspecified atom stereocenters. The highest BCUT2D eigenvalue weighted by molar-refractivity contribution is 4.83. The molecule has 0 amide bonds. The Balaban J connectivity index is 3.21. The first-order chi connectivity index (χ1) is 7.91. The van der Waals surface area contributed by atoms with Gasteiger partial charge in [-0.15, -0.1) is 0 Å². The van der Waals surface area contributed by atoms with Crippen molar-refractivity contribution in [1.29, 1.82) is 0 Å². The number of nitrogens with zero attached hydrogens (tertiary/aromatic N) is 4. The lowest BCUT2D eigenvalue weighted by molar-refractivity contribution is -1.01. The molecular weight excluding hydrogens is 236 g/mol. The molecule has 0 N–H and O–H groups in total. The second-order valence-electron chi connectivity index (χ2n) is 3.09. The summed E-state index contributed by atoms with van der Waals surface area (Å²) in [7, 11) is 0. The second-order valence-corrected chi connectivity index (χ2v) is 3.09. The Bertz CT molecular complexity index is 425. The van der Waals surface area contributed by atoms with Crippen molar-refractivity contribution in [1.82, 2.24) is 0 Å². The van der Waals surface area contributed by atoms with Crippen molar-refractivity contribution >= 4 is 0 Å². The molecule has 0 aliphatic rings. The van der Waals surface area contributed by atoms with Crippen LogP contribution in [-0.4, -0.2) is 20.6 Å². The molecule has 0 fully saturated rings. The van der Waals surface area contributed by atoms with Gasteiger partial charge in [0.2, 0.25) is 0 Å². The summed E-state index contributed by atoms with van der Waals surface area (Å²) in [5, 5.41) is 31.9. The number of pyridine rings is 1. The first-order valence-electron chi connectivity index (χ1n) is 4.29. The molecule has 0 aromatic carbocycles. The number of hydrogen-bond donors (Lipinski definition) is 0. The largest absolute Gasteiger partial charge is 0.758 e. The van der Waals surface area contributed by atoms with Gasteiger partial charge in [-0.05, 0) is 0 Å². The average molecular weight is 243 g/mol. The summed E-state index contributed by atoms with van der Waals surface area (Å²) in [5.41, 5.74) is 0. The quantitative estimate of drug-likeness (QED) is 0.295. The van der Waals surface area contributed by atoms with Crippen molar-refractivity contribution in [2.24, 2.45) is 0 Å². The molecule has 0 saturated carbocycles. The minimum Gasteiger partial charge on any atom is -0.252 e. The predicted molar refractivity (Wildman–Crippen MR) is 50.4 cm³/mol. The van der Waals surface area contributed by atoms with Crippen LogP contribution in [0.15, 0.2) is 30.6 Å². The van der Waals surface area contributed by atoms with Gasteiger partial charge in [0.05, 0.1) is 0 Å². The number of aromatic nitrogens is 1. The van der Waals surface area contributed by atoms with Gasteiger partial charge in [-0.1, -0.05) is 6.07 Å². The lowest BCUT2D eigenvalue weighted by Crippen LogP contribution is -2.61. The molecule has 0 spiro atoms. The Hall–Kier alpha value is -2.65. The van der Waals surface area contributed by atoms with E-state index in [-0.39, 0.29) is 0 Å². The van der Waals surface area contributed by atoms with E-state index in [0.717, 1.165) is 4.57 Å². The van der Waals surface area contributed by atoms with E-state index in [9.17, 15) is 30.3 Å². The number of nitro groups is 3. The number of hydrogen-bond acceptors (Lipinski definition) is 6. The zero-order chi connectivity index (χ0) is 13.1. The molecular formula is C7H7N4O6+. The monoisotopic (exact) mass is 243 g/mol. The van der Waals surface area contributed by atoms with Crippen molar-refractivity contribution in [2.75, 3.05) is 0 Å². The van der Waals surface area contributed by atoms with E-state index in [4.69, 9.17) is 0 Å². The minimum atomic E-state index is -3.47. The van der Waals surface area contributed by atoms with Crippen LogP contribution in [0.5, 0.6) is 0 Å². The maximum atomic E-state index is 10.6. The van der Waals surface area contributed by atoms with Crippen molar-refractivity contribution in [3.05, 3.63) is 60.9 Å². The third-order valence-electron chi connectivity index (χ3n) is 2.05. The molecule has 90 valence electrons. The SMILES string of the molecule is O=[N+]([O-])C(C[n+]1ccccc1)([N+](=O)[O-])[N+](=O)[O-]. The maximum Gasteiger partial charge on any atom is 0.758 e. The van der Waals surface area contributed by atoms with Gasteiger partial charge in [0, 0.05) is 12.1 Å². The third kappa shape index (κ3) is 2.14. The number of rotatable bonds is 5. The topological polar surface area (TPSA) is 133 Å². The van der Waals surface area contributed by atoms with Crippen LogP contribution in [0.1, 0.15) is 0 Å². The first kappa shape index (κ1) is 12.4. The summed E-state index contributed by atoms with van der Waals surface area (Å²) < 4.78 is 1.01. The van der Waals surface area contributed by atoms with Gasteiger partial charge in [-0.25, -0.2) is 0 Å². The maximum absolute atomic E-state index is 10.6. The van der Waals surface area contributed by atoms with Gasteiger partial charge in [0.15, 0.2) is 27.2 Å². The summed E-state index contributed by atoms with van der Waals surface area (Å²) >= 11 is 0. The normalized spacial score (nSPS) is 10.8. The van der Waals surface area contributed by atoms with Gasteiger partial charge in [0.25, 0.3) is 0 Å². The fourth-order valence-electron chi connectivity index (χ4n) is 1.16. The summed E-state index contributed by atoms with van der Waals surface area (Å²) in [5.74, 6) is -3.47. The van der Waals surface area contributed by atoms with Crippen LogP contribution in [0, 0.1) is 30.3 Å². The minimum absolute atomic E-state index is 0.985. The van der Waals surface area contributed by atoms with Crippen molar-refractivity contribution < 1.29 is 19.3 Å². The van der Waals surface area contributed by atoms with Crippen LogP contribution in [0.3, 0.4) is 0 Å². The van der Waals surface area contributed by atoms with Crippen molar-refractivity contribution in [3.8, 4) is 0 Å². The molecule has 0 saturated heterocycles. The molecule has 0 aliphatic carbocycles. The van der Waals surface area contributed by atoms with Crippen LogP contribution < -0.4 is 4.57 Å². The predicted octanol–water partition coefficient (Wildman–Crippen LogP) is -0.542. The van der Waals surface area contributed by atoms with E-state index in [2.05, 4.69) is 0 Å². The molecule has 1 heterocycles. The third-order valence-corrected chi connectivity index (χ3v) is 2.05. The average Bonchev–Trinajstić information content (AvgIpc) is 2.25. The smallest absolute Gasteiger partial charge is 0.252 e. The van der Waals surface area contributed by atoms with Crippen LogP contribution in [0.4, 0.5) is 0 Å². The zero-order valence-corrected chi connectivity index (χ0v) is 8.33. The highest BCUT2D eigenvalue weighted by Gasteiger charge is 2.74. The van der Waals surface area contributed by atoms with Gasteiger partial charge < -0.3 is 0 Å². The summed E-state index contributed by atoms with van der Waals surface area (Å²) in [6.07, 6.45) is 2.54. The summed E-state index contributed by atoms with van der Waals surface area (Å²) in [6, 6.07) is 4.47. The van der Waals surface area contributed by atoms with Crippen LogP contribution >= 0.6 is 0 Å². The highest BCUT2D eigenvalue weighted by atomic mass is 16.7. The molecule has 0 aliphatic heterocycles. The Morgan fingerprint density at radius 2 is 1.29 bits per heavy atom. The molecule has 0 bridgehead atoms. The fourth-order valence-corrected chi connectivity index (χ4v) is 1.16. The molecule has 0 atom stereocenters. The molecule has 1 aromatic rings. The molecule has 17 heavy (non-hydrogen) atoms. The first-order valence-corrected chi connectivity index (χ1v) is 4.29. The van der Waals surface area contributed by atoms with Gasteiger partial charge in [-0.3, -0.25) is 30.3 Å². The lowest BCUT2D eigenvalue weighted by atomic mass is 10.3. The van der Waals surface area contributed by atoms with E-state index in [1.807, 2.05) is 0 Å². The molecule has 1 aromatic heterocycles. The molecule has 10 heteroatoms. The summed E-state index contributed by atoms with van der Waals surface area (Å²) in [6.45, 7) is -0.985. The zero-order valence-electron chi connectivity index (χ0n) is 8.33. The fraction of sp³-hybridized carbons (Fsp3) is 0.286. The van der Waals surface area contributed by atoms with E-state index in [1.165, 1.54) is 24.5 Å². The Morgan fingerprint density at radius 1 is 0.882 bits per heavy atom. The van der Waals surface area contributed by atoms with E-state index < -0.39 is 27.1 Å². The Kier molecular flexibility index (Phi) is 3.26. The van der Waals surface area contributed by atoms with E-state index >= 15 is 0 Å². The Labute approximate surface area is 93.5 Å². The molecule has 1 rings (SSSR count). The second kappa shape index (κ2) is 4.47. The van der Waals surface area contributed by atoms with Crippen molar-refractivity contribution in [2.45, 2.75) is 12.3 Å². The molecule has 0 radical (unpaired) electrons. The highest BCUT2D eigenvalue weighted by Crippen LogP contribution is 2.12. The molecule has 10 nitrogen and oxygen atoms in total. The van der Waals surface area contributed by atoms with Gasteiger partial charge in [0.1, 0.15) is 0 Å². The van der Waals surface area contributed by atoms with Crippen molar-refractivity contribution in [3.63, 3.8) is 0 Å². The van der Waals surface area contributed by atoms with Gasteiger partial charge >= 0.3 is 12.3 Å². The van der Waals surface area contributed by atoms with E-state index in [1.54, 1.807) is 6.07 Å². The van der Waals surface area contributed by atoms with Crippen LogP contribution in [0.2, 0.25) is 0 Å². The standard InChI is InChI=1S/C7H7N4O6/c12-9(13)7(10(14)15,11(16)17)6-8-4-2-1-3-5-8/h1-5H,6H2/q+1. The summed E-state index contributed by atoms with van der Waals surface area (Å²) in [4.78, 5) is 27.3. The van der Waals surface area contributed by atoms with Crippen LogP contribution in [-0.2, 0) is 6.54 Å². The Morgan fingerprint density at radius 3 is 1.65 bits per heavy atom. The lowest BCUT2D eigenvalue weighted by Gasteiger charge is -2.05. The van der Waals surface area contributed by atoms with Gasteiger partial charge in [-0.2, -0.15) is 4.57 Å². The van der Waals surface area contributed by atoms with E-state index in [0.29, 0.717) is 0 Å².